The van der Waals surface area contributed by atoms with Gasteiger partial charge in [0.25, 0.3) is 5.91 Å². The highest BCUT2D eigenvalue weighted by atomic mass is 16.5. The van der Waals surface area contributed by atoms with E-state index in [-0.39, 0.29) is 18.9 Å². The molecule has 0 bridgehead atoms. The molecular formula is C16H23NO4. The lowest BCUT2D eigenvalue weighted by Crippen LogP contribution is -2.29. The summed E-state index contributed by atoms with van der Waals surface area (Å²) in [7, 11) is 0. The number of ether oxygens (including phenoxy) is 1. The summed E-state index contributed by atoms with van der Waals surface area (Å²) in [5, 5.41) is 11.3. The van der Waals surface area contributed by atoms with Crippen molar-refractivity contribution in [2.75, 3.05) is 13.2 Å². The van der Waals surface area contributed by atoms with E-state index in [2.05, 4.69) is 5.32 Å². The number of carboxylic acids is 1. The van der Waals surface area contributed by atoms with Crippen LogP contribution in [0.4, 0.5) is 0 Å². The molecular weight excluding hydrogens is 270 g/mol. The van der Waals surface area contributed by atoms with E-state index in [1.807, 2.05) is 31.2 Å². The van der Waals surface area contributed by atoms with Gasteiger partial charge in [-0.3, -0.25) is 9.59 Å². The number of rotatable bonds is 10. The van der Waals surface area contributed by atoms with Gasteiger partial charge in [0.05, 0.1) is 0 Å². The smallest absolute Gasteiger partial charge is 0.303 e. The number of para-hydroxylation sites is 1. The average molecular weight is 293 g/mol. The molecule has 1 aromatic carbocycles. The third kappa shape index (κ3) is 7.34. The second-order valence-electron chi connectivity index (χ2n) is 4.80. The van der Waals surface area contributed by atoms with Crippen molar-refractivity contribution < 1.29 is 19.4 Å². The van der Waals surface area contributed by atoms with Crippen molar-refractivity contribution in [1.29, 1.82) is 0 Å². The standard InChI is InChI=1S/C16H23NO4/c1-2-13-8-5-6-9-14(13)21-12-15(18)17-11-7-3-4-10-16(19)20/h5-6,8-9H,2-4,7,10-12H2,1H3,(H,17,18)(H,19,20). The maximum atomic E-state index is 11.6. The molecule has 0 saturated carbocycles. The molecule has 21 heavy (non-hydrogen) atoms. The Morgan fingerprint density at radius 2 is 1.95 bits per heavy atom. The number of unbranched alkanes of at least 4 members (excludes halogenated alkanes) is 2. The molecule has 0 saturated heterocycles. The quantitative estimate of drug-likeness (QED) is 0.649. The van der Waals surface area contributed by atoms with E-state index < -0.39 is 5.97 Å². The van der Waals surface area contributed by atoms with Gasteiger partial charge in [0.2, 0.25) is 0 Å². The minimum Gasteiger partial charge on any atom is -0.483 e. The number of aryl methyl sites for hydroxylation is 1. The Hall–Kier alpha value is -2.04. The highest BCUT2D eigenvalue weighted by Gasteiger charge is 2.05. The second kappa shape index (κ2) is 9.80. The van der Waals surface area contributed by atoms with Crippen LogP contribution in [0, 0.1) is 0 Å². The first-order chi connectivity index (χ1) is 10.1. The van der Waals surface area contributed by atoms with E-state index in [0.29, 0.717) is 13.0 Å². The lowest BCUT2D eigenvalue weighted by Gasteiger charge is -2.10. The topological polar surface area (TPSA) is 75.6 Å². The van der Waals surface area contributed by atoms with Crippen LogP contribution in [-0.2, 0) is 16.0 Å². The number of aliphatic carboxylic acids is 1. The van der Waals surface area contributed by atoms with Crippen LogP contribution in [0.3, 0.4) is 0 Å². The van der Waals surface area contributed by atoms with Crippen LogP contribution in [0.2, 0.25) is 0 Å². The van der Waals surface area contributed by atoms with E-state index in [4.69, 9.17) is 9.84 Å². The van der Waals surface area contributed by atoms with Gasteiger partial charge >= 0.3 is 5.97 Å². The van der Waals surface area contributed by atoms with Crippen molar-refractivity contribution in [3.8, 4) is 5.75 Å². The molecule has 1 amide bonds. The molecule has 0 unspecified atom stereocenters. The van der Waals surface area contributed by atoms with Gasteiger partial charge in [0.1, 0.15) is 5.75 Å². The molecule has 0 aliphatic rings. The molecule has 5 nitrogen and oxygen atoms in total. The second-order valence-corrected chi connectivity index (χ2v) is 4.80. The van der Waals surface area contributed by atoms with Crippen molar-refractivity contribution >= 4 is 11.9 Å². The van der Waals surface area contributed by atoms with Gasteiger partial charge in [-0.1, -0.05) is 31.5 Å². The summed E-state index contributed by atoms with van der Waals surface area (Å²) in [6.45, 7) is 2.60. The molecule has 2 N–H and O–H groups in total. The number of benzene rings is 1. The van der Waals surface area contributed by atoms with E-state index in [1.165, 1.54) is 0 Å². The van der Waals surface area contributed by atoms with E-state index in [1.54, 1.807) is 0 Å². The Kier molecular flexibility index (Phi) is 7.94. The summed E-state index contributed by atoms with van der Waals surface area (Å²) in [5.74, 6) is -0.183. The number of hydrogen-bond donors (Lipinski definition) is 2. The number of carboxylic acid groups (broad SMARTS) is 1. The molecule has 0 fully saturated rings. The molecule has 0 aromatic heterocycles. The van der Waals surface area contributed by atoms with Crippen molar-refractivity contribution in [3.05, 3.63) is 29.8 Å². The van der Waals surface area contributed by atoms with Crippen LogP contribution in [-0.4, -0.2) is 30.1 Å². The molecule has 0 atom stereocenters. The molecule has 5 heteroatoms. The fourth-order valence-electron chi connectivity index (χ4n) is 1.94. The molecule has 0 radical (unpaired) electrons. The van der Waals surface area contributed by atoms with Crippen LogP contribution in [0.1, 0.15) is 38.2 Å². The number of amides is 1. The van der Waals surface area contributed by atoms with Gasteiger partial charge in [-0.25, -0.2) is 0 Å². The highest BCUT2D eigenvalue weighted by molar-refractivity contribution is 5.77. The molecule has 1 aromatic rings. The Balaban J connectivity index is 2.15. The van der Waals surface area contributed by atoms with Crippen LogP contribution < -0.4 is 10.1 Å². The van der Waals surface area contributed by atoms with Crippen LogP contribution in [0.5, 0.6) is 5.75 Å². The fourth-order valence-corrected chi connectivity index (χ4v) is 1.94. The third-order valence-corrected chi connectivity index (χ3v) is 3.10. The number of carbonyl (C=O) groups is 2. The molecule has 0 spiro atoms. The first kappa shape index (κ1) is 17.0. The van der Waals surface area contributed by atoms with Gasteiger partial charge in [-0.15, -0.1) is 0 Å². The third-order valence-electron chi connectivity index (χ3n) is 3.10. The minimum atomic E-state index is -0.776. The van der Waals surface area contributed by atoms with Crippen LogP contribution in [0.25, 0.3) is 0 Å². The van der Waals surface area contributed by atoms with E-state index in [9.17, 15) is 9.59 Å². The van der Waals surface area contributed by atoms with E-state index >= 15 is 0 Å². The number of hydrogen-bond acceptors (Lipinski definition) is 3. The summed E-state index contributed by atoms with van der Waals surface area (Å²) in [6.07, 6.45) is 3.27. The van der Waals surface area contributed by atoms with Gasteiger partial charge in [-0.05, 0) is 30.9 Å². The number of carbonyl (C=O) groups excluding carboxylic acids is 1. The van der Waals surface area contributed by atoms with Gasteiger partial charge < -0.3 is 15.2 Å². The van der Waals surface area contributed by atoms with Crippen molar-refractivity contribution in [3.63, 3.8) is 0 Å². The van der Waals surface area contributed by atoms with Crippen molar-refractivity contribution in [1.82, 2.24) is 5.32 Å². The maximum absolute atomic E-state index is 11.6. The first-order valence-electron chi connectivity index (χ1n) is 7.32. The monoisotopic (exact) mass is 293 g/mol. The first-order valence-corrected chi connectivity index (χ1v) is 7.32. The summed E-state index contributed by atoms with van der Waals surface area (Å²) < 4.78 is 5.51. The summed E-state index contributed by atoms with van der Waals surface area (Å²) in [6, 6.07) is 7.67. The summed E-state index contributed by atoms with van der Waals surface area (Å²) >= 11 is 0. The molecule has 116 valence electrons. The lowest BCUT2D eigenvalue weighted by atomic mass is 10.1. The summed E-state index contributed by atoms with van der Waals surface area (Å²) in [4.78, 5) is 22.0. The summed E-state index contributed by atoms with van der Waals surface area (Å²) in [5.41, 5.74) is 1.08. The molecule has 1 rings (SSSR count). The zero-order valence-corrected chi connectivity index (χ0v) is 12.4. The Morgan fingerprint density at radius 1 is 1.19 bits per heavy atom. The molecule has 0 aliphatic carbocycles. The maximum Gasteiger partial charge on any atom is 0.303 e. The van der Waals surface area contributed by atoms with Crippen LogP contribution in [0.15, 0.2) is 24.3 Å². The minimum absolute atomic E-state index is 0.00609. The largest absolute Gasteiger partial charge is 0.483 e. The molecule has 0 aliphatic heterocycles. The highest BCUT2D eigenvalue weighted by Crippen LogP contribution is 2.17. The van der Waals surface area contributed by atoms with Crippen molar-refractivity contribution in [2.45, 2.75) is 39.0 Å². The Morgan fingerprint density at radius 3 is 2.67 bits per heavy atom. The van der Waals surface area contributed by atoms with Gasteiger partial charge in [0.15, 0.2) is 6.61 Å². The fraction of sp³-hybridized carbons (Fsp3) is 0.500. The van der Waals surface area contributed by atoms with Crippen molar-refractivity contribution in [2.24, 2.45) is 0 Å². The van der Waals surface area contributed by atoms with Gasteiger partial charge in [-0.2, -0.15) is 0 Å². The Bertz CT molecular complexity index is 459. The zero-order chi connectivity index (χ0) is 15.5. The van der Waals surface area contributed by atoms with Crippen LogP contribution >= 0.6 is 0 Å². The lowest BCUT2D eigenvalue weighted by molar-refractivity contribution is -0.137. The van der Waals surface area contributed by atoms with E-state index in [0.717, 1.165) is 30.6 Å². The molecule has 0 heterocycles. The number of nitrogens with one attached hydrogen (secondary N) is 1. The zero-order valence-electron chi connectivity index (χ0n) is 12.4. The predicted octanol–water partition coefficient (Wildman–Crippen LogP) is 2.39. The predicted molar refractivity (Wildman–Crippen MR) is 80.4 cm³/mol. The van der Waals surface area contributed by atoms with Gasteiger partial charge in [0, 0.05) is 13.0 Å². The Labute approximate surface area is 125 Å². The average Bonchev–Trinajstić information content (AvgIpc) is 2.48. The SMILES string of the molecule is CCc1ccccc1OCC(=O)NCCCCCC(=O)O. The normalized spacial score (nSPS) is 10.1.